The SMILES string of the molecule is C=CCO[P+](=O)O.[Zr]. The Kier molecular flexibility index (Phi) is 10.9. The van der Waals surface area contributed by atoms with Crippen LogP contribution in [0.15, 0.2) is 12.7 Å². The zero-order valence-electron chi connectivity index (χ0n) is 4.20. The summed E-state index contributed by atoms with van der Waals surface area (Å²) in [5.41, 5.74) is 0. The molecule has 0 spiro atoms. The Morgan fingerprint density at radius 1 is 1.88 bits per heavy atom. The average Bonchev–Trinajstić information content (AvgIpc) is 1.61. The first-order valence-electron chi connectivity index (χ1n) is 1.67. The normalized spacial score (nSPS) is 9.38. The molecule has 0 heterocycles. The van der Waals surface area contributed by atoms with Gasteiger partial charge in [0.2, 0.25) is 0 Å². The van der Waals surface area contributed by atoms with Gasteiger partial charge in [-0.2, -0.15) is 0 Å². The molecule has 0 radical (unpaired) electrons. The van der Waals surface area contributed by atoms with E-state index in [0.717, 1.165) is 0 Å². The molecule has 0 aromatic rings. The standard InChI is InChI=1S/C3H5O3P.Zr/c1-2-3-6-7(4)5;/h2H,1,3H2;/p+1. The maximum Gasteiger partial charge on any atom is 0.695 e. The molecule has 0 aromatic heterocycles. The molecule has 0 rings (SSSR count). The molecule has 0 fully saturated rings. The van der Waals surface area contributed by atoms with Gasteiger partial charge < -0.3 is 0 Å². The summed E-state index contributed by atoms with van der Waals surface area (Å²) < 4.78 is 13.8. The quantitative estimate of drug-likeness (QED) is 0.557. The minimum Gasteiger partial charge on any atom is -0.133 e. The first-order chi connectivity index (χ1) is 3.27. The van der Waals surface area contributed by atoms with E-state index in [2.05, 4.69) is 11.1 Å². The molecular formula is C3H6O3PZr+. The molecule has 0 aliphatic heterocycles. The van der Waals surface area contributed by atoms with Crippen molar-refractivity contribution >= 4 is 8.25 Å². The van der Waals surface area contributed by atoms with Gasteiger partial charge in [0.25, 0.3) is 0 Å². The fourth-order valence-corrected chi connectivity index (χ4v) is 0.349. The molecule has 5 heteroatoms. The summed E-state index contributed by atoms with van der Waals surface area (Å²) >= 11 is 0. The Balaban J connectivity index is 0. The van der Waals surface area contributed by atoms with Crippen LogP contribution in [-0.4, -0.2) is 11.5 Å². The Labute approximate surface area is 67.8 Å². The van der Waals surface area contributed by atoms with E-state index in [-0.39, 0.29) is 32.8 Å². The van der Waals surface area contributed by atoms with Crippen LogP contribution in [0, 0.1) is 0 Å². The molecule has 0 bridgehead atoms. The molecule has 0 aliphatic carbocycles. The van der Waals surface area contributed by atoms with Crippen molar-refractivity contribution in [1.29, 1.82) is 0 Å². The summed E-state index contributed by atoms with van der Waals surface area (Å²) in [5, 5.41) is 0. The van der Waals surface area contributed by atoms with Crippen LogP contribution < -0.4 is 0 Å². The van der Waals surface area contributed by atoms with Crippen LogP contribution in [0.3, 0.4) is 0 Å². The second-order valence-electron chi connectivity index (χ2n) is 0.822. The van der Waals surface area contributed by atoms with Gasteiger partial charge in [-0.3, -0.25) is 0 Å². The van der Waals surface area contributed by atoms with E-state index >= 15 is 0 Å². The molecule has 0 saturated carbocycles. The first-order valence-corrected chi connectivity index (χ1v) is 2.80. The molecule has 44 valence electrons. The Bertz CT molecular complexity index is 84.6. The fraction of sp³-hybridized carbons (Fsp3) is 0.333. The molecule has 8 heavy (non-hydrogen) atoms. The summed E-state index contributed by atoms with van der Waals surface area (Å²) in [6.07, 6.45) is 1.41. The van der Waals surface area contributed by atoms with Crippen molar-refractivity contribution in [2.45, 2.75) is 0 Å². The monoisotopic (exact) mass is 211 g/mol. The van der Waals surface area contributed by atoms with Crippen LogP contribution in [0.2, 0.25) is 0 Å². The minimum absolute atomic E-state index is 0. The van der Waals surface area contributed by atoms with Gasteiger partial charge in [-0.05, 0) is 0 Å². The van der Waals surface area contributed by atoms with Gasteiger partial charge in [-0.25, -0.2) is 0 Å². The molecular weight excluding hydrogens is 206 g/mol. The zero-order chi connectivity index (χ0) is 5.70. The van der Waals surface area contributed by atoms with Gasteiger partial charge in [0, 0.05) is 30.8 Å². The molecule has 1 N–H and O–H groups in total. The van der Waals surface area contributed by atoms with Crippen LogP contribution in [0.4, 0.5) is 0 Å². The van der Waals surface area contributed by atoms with Gasteiger partial charge in [0.1, 0.15) is 6.61 Å². The van der Waals surface area contributed by atoms with Gasteiger partial charge in [-0.1, -0.05) is 6.08 Å². The predicted molar refractivity (Wildman–Crippen MR) is 26.0 cm³/mol. The maximum absolute atomic E-state index is 9.64. The molecule has 3 nitrogen and oxygen atoms in total. The molecule has 0 aromatic carbocycles. The smallest absolute Gasteiger partial charge is 0.133 e. The minimum atomic E-state index is -2.43. The fourth-order valence-electron chi connectivity index (χ4n) is 0.116. The van der Waals surface area contributed by atoms with Gasteiger partial charge >= 0.3 is 8.25 Å². The summed E-state index contributed by atoms with van der Waals surface area (Å²) in [7, 11) is -2.43. The van der Waals surface area contributed by atoms with Crippen LogP contribution in [0.1, 0.15) is 0 Å². The van der Waals surface area contributed by atoms with Crippen molar-refractivity contribution in [3.05, 3.63) is 12.7 Å². The predicted octanol–water partition coefficient (Wildman–Crippen LogP) is 0.836. The van der Waals surface area contributed by atoms with E-state index in [1.165, 1.54) is 6.08 Å². The van der Waals surface area contributed by atoms with Crippen LogP contribution in [-0.2, 0) is 35.3 Å². The first kappa shape index (κ1) is 11.4. The summed E-state index contributed by atoms with van der Waals surface area (Å²) in [6.45, 7) is 3.40. The van der Waals surface area contributed by atoms with Crippen molar-refractivity contribution in [3.8, 4) is 0 Å². The summed E-state index contributed by atoms with van der Waals surface area (Å²) in [4.78, 5) is 7.92. The summed E-state index contributed by atoms with van der Waals surface area (Å²) in [6, 6.07) is 0. The van der Waals surface area contributed by atoms with Crippen LogP contribution >= 0.6 is 8.25 Å². The topological polar surface area (TPSA) is 46.5 Å². The van der Waals surface area contributed by atoms with Crippen molar-refractivity contribution in [3.63, 3.8) is 0 Å². The molecule has 1 unspecified atom stereocenters. The third-order valence-corrected chi connectivity index (χ3v) is 0.673. The Morgan fingerprint density at radius 2 is 2.38 bits per heavy atom. The molecule has 0 aliphatic rings. The van der Waals surface area contributed by atoms with Crippen molar-refractivity contribution < 1.29 is 40.2 Å². The van der Waals surface area contributed by atoms with E-state index in [1.807, 2.05) is 0 Å². The van der Waals surface area contributed by atoms with Crippen molar-refractivity contribution in [1.82, 2.24) is 0 Å². The molecule has 1 atom stereocenters. The molecule has 0 amide bonds. The number of rotatable bonds is 3. The van der Waals surface area contributed by atoms with E-state index in [9.17, 15) is 4.57 Å². The third kappa shape index (κ3) is 9.81. The Hall–Kier alpha value is 0.643. The zero-order valence-corrected chi connectivity index (χ0v) is 7.55. The van der Waals surface area contributed by atoms with Crippen molar-refractivity contribution in [2.24, 2.45) is 0 Å². The third-order valence-electron chi connectivity index (χ3n) is 0.303. The van der Waals surface area contributed by atoms with E-state index < -0.39 is 8.25 Å². The second-order valence-corrected chi connectivity index (χ2v) is 1.56. The average molecular weight is 212 g/mol. The van der Waals surface area contributed by atoms with Crippen molar-refractivity contribution in [2.75, 3.05) is 6.61 Å². The van der Waals surface area contributed by atoms with E-state index in [4.69, 9.17) is 4.89 Å². The van der Waals surface area contributed by atoms with Gasteiger partial charge in [-0.15, -0.1) is 16.0 Å². The number of hydrogen-bond acceptors (Lipinski definition) is 2. The maximum atomic E-state index is 9.64. The second kappa shape index (κ2) is 7.64. The largest absolute Gasteiger partial charge is 0.695 e. The Morgan fingerprint density at radius 3 is 2.50 bits per heavy atom. The van der Waals surface area contributed by atoms with Crippen LogP contribution in [0.5, 0.6) is 0 Å². The van der Waals surface area contributed by atoms with Gasteiger partial charge in [0.15, 0.2) is 0 Å². The molecule has 0 saturated heterocycles. The van der Waals surface area contributed by atoms with E-state index in [0.29, 0.717) is 0 Å². The summed E-state index contributed by atoms with van der Waals surface area (Å²) in [5.74, 6) is 0. The van der Waals surface area contributed by atoms with Gasteiger partial charge in [0.05, 0.1) is 0 Å². The number of hydrogen-bond donors (Lipinski definition) is 1. The van der Waals surface area contributed by atoms with Crippen LogP contribution in [0.25, 0.3) is 0 Å². The van der Waals surface area contributed by atoms with E-state index in [1.54, 1.807) is 0 Å².